The predicted molar refractivity (Wildman–Crippen MR) is 76.1 cm³/mol. The number of nitrogens with zero attached hydrogens (tertiary/aromatic N) is 2. The second-order valence-electron chi connectivity index (χ2n) is 5.15. The quantitative estimate of drug-likeness (QED) is 0.871. The van der Waals surface area contributed by atoms with Gasteiger partial charge in [-0.1, -0.05) is 6.07 Å². The van der Waals surface area contributed by atoms with Crippen molar-refractivity contribution in [3.63, 3.8) is 0 Å². The molecular formula is C15H19N3O2. The number of likely N-dealkylation sites (tertiary alicyclic amines) is 1. The van der Waals surface area contributed by atoms with E-state index in [2.05, 4.69) is 5.32 Å². The largest absolute Gasteiger partial charge is 0.392 e. The third-order valence-corrected chi connectivity index (χ3v) is 3.61. The van der Waals surface area contributed by atoms with E-state index in [-0.39, 0.29) is 18.1 Å². The van der Waals surface area contributed by atoms with Crippen LogP contribution in [0.3, 0.4) is 0 Å². The van der Waals surface area contributed by atoms with Gasteiger partial charge in [0.2, 0.25) is 5.91 Å². The van der Waals surface area contributed by atoms with E-state index in [1.165, 1.54) is 0 Å². The summed E-state index contributed by atoms with van der Waals surface area (Å²) < 4.78 is 0. The SMILES string of the molecule is CC(C(=O)Nc1cccc(C#N)c1)N1CCCC(O)C1. The Morgan fingerprint density at radius 1 is 1.60 bits per heavy atom. The van der Waals surface area contributed by atoms with E-state index in [0.29, 0.717) is 17.8 Å². The van der Waals surface area contributed by atoms with Crippen molar-refractivity contribution in [1.82, 2.24) is 4.90 Å². The van der Waals surface area contributed by atoms with Crippen LogP contribution in [0.2, 0.25) is 0 Å². The molecule has 106 valence electrons. The molecule has 0 radical (unpaired) electrons. The zero-order chi connectivity index (χ0) is 14.5. The molecule has 0 bridgehead atoms. The Labute approximate surface area is 118 Å². The van der Waals surface area contributed by atoms with E-state index < -0.39 is 0 Å². The number of nitrogens with one attached hydrogen (secondary N) is 1. The van der Waals surface area contributed by atoms with Crippen molar-refractivity contribution in [3.05, 3.63) is 29.8 Å². The van der Waals surface area contributed by atoms with Crippen molar-refractivity contribution in [1.29, 1.82) is 5.26 Å². The summed E-state index contributed by atoms with van der Waals surface area (Å²) in [4.78, 5) is 14.2. The standard InChI is InChI=1S/C15H19N3O2/c1-11(18-7-3-6-14(19)10-18)15(20)17-13-5-2-4-12(8-13)9-16/h2,4-5,8,11,14,19H,3,6-7,10H2,1H3,(H,17,20). The summed E-state index contributed by atoms with van der Waals surface area (Å²) in [5, 5.41) is 21.3. The van der Waals surface area contributed by atoms with Crippen molar-refractivity contribution in [2.45, 2.75) is 31.9 Å². The molecule has 0 spiro atoms. The minimum absolute atomic E-state index is 0.116. The Morgan fingerprint density at radius 3 is 3.10 bits per heavy atom. The highest BCUT2D eigenvalue weighted by Gasteiger charge is 2.26. The summed E-state index contributed by atoms with van der Waals surface area (Å²) in [5.74, 6) is -0.116. The lowest BCUT2D eigenvalue weighted by Crippen LogP contribution is -2.48. The maximum absolute atomic E-state index is 12.2. The van der Waals surface area contributed by atoms with Crippen LogP contribution >= 0.6 is 0 Å². The highest BCUT2D eigenvalue weighted by molar-refractivity contribution is 5.94. The number of β-amino-alcohol motifs (C(OH)–C–C–N with tert-alkyl or cyclic N) is 1. The van der Waals surface area contributed by atoms with Gasteiger partial charge in [-0.3, -0.25) is 9.69 Å². The molecule has 2 atom stereocenters. The van der Waals surface area contributed by atoms with Crippen LogP contribution in [0.25, 0.3) is 0 Å². The Kier molecular flexibility index (Phi) is 4.72. The number of rotatable bonds is 3. The first-order chi connectivity index (χ1) is 9.60. The van der Waals surface area contributed by atoms with Gasteiger partial charge in [-0.2, -0.15) is 5.26 Å². The molecule has 20 heavy (non-hydrogen) atoms. The molecule has 2 unspecified atom stereocenters. The van der Waals surface area contributed by atoms with Crippen molar-refractivity contribution in [2.75, 3.05) is 18.4 Å². The molecule has 2 N–H and O–H groups in total. The molecule has 5 heteroatoms. The van der Waals surface area contributed by atoms with Crippen LogP contribution in [0.5, 0.6) is 0 Å². The molecule has 5 nitrogen and oxygen atoms in total. The topological polar surface area (TPSA) is 76.4 Å². The first kappa shape index (κ1) is 14.5. The lowest BCUT2D eigenvalue weighted by Gasteiger charge is -2.33. The van der Waals surface area contributed by atoms with Gasteiger partial charge in [0.1, 0.15) is 0 Å². The lowest BCUT2D eigenvalue weighted by atomic mass is 10.1. The minimum atomic E-state index is -0.346. The van der Waals surface area contributed by atoms with E-state index in [1.807, 2.05) is 17.9 Å². The summed E-state index contributed by atoms with van der Waals surface area (Å²) >= 11 is 0. The average Bonchev–Trinajstić information content (AvgIpc) is 2.46. The molecule has 2 rings (SSSR count). The van der Waals surface area contributed by atoms with Gasteiger partial charge in [-0.05, 0) is 44.5 Å². The van der Waals surface area contributed by atoms with Crippen LogP contribution in [0.4, 0.5) is 5.69 Å². The van der Waals surface area contributed by atoms with Crippen LogP contribution in [0, 0.1) is 11.3 Å². The second-order valence-corrected chi connectivity index (χ2v) is 5.15. The summed E-state index contributed by atoms with van der Waals surface area (Å²) in [5.41, 5.74) is 1.14. The fourth-order valence-corrected chi connectivity index (χ4v) is 2.41. The van der Waals surface area contributed by atoms with Crippen LogP contribution in [0.15, 0.2) is 24.3 Å². The molecule has 1 aliphatic rings. The first-order valence-corrected chi connectivity index (χ1v) is 6.83. The van der Waals surface area contributed by atoms with E-state index in [1.54, 1.807) is 24.3 Å². The zero-order valence-corrected chi connectivity index (χ0v) is 11.5. The number of benzene rings is 1. The molecule has 1 heterocycles. The molecule has 1 aromatic rings. The van der Waals surface area contributed by atoms with Crippen LogP contribution in [0.1, 0.15) is 25.3 Å². The van der Waals surface area contributed by atoms with Gasteiger partial charge >= 0.3 is 0 Å². The molecule has 1 saturated heterocycles. The number of aliphatic hydroxyl groups excluding tert-OH is 1. The molecule has 1 fully saturated rings. The lowest BCUT2D eigenvalue weighted by molar-refractivity contribution is -0.121. The molecule has 0 aromatic heterocycles. The van der Waals surface area contributed by atoms with Crippen molar-refractivity contribution < 1.29 is 9.90 Å². The molecule has 1 aliphatic heterocycles. The fourth-order valence-electron chi connectivity index (χ4n) is 2.41. The van der Waals surface area contributed by atoms with Gasteiger partial charge in [0.05, 0.1) is 23.8 Å². The Morgan fingerprint density at radius 2 is 2.40 bits per heavy atom. The van der Waals surface area contributed by atoms with Gasteiger partial charge in [-0.15, -0.1) is 0 Å². The van der Waals surface area contributed by atoms with Crippen LogP contribution in [-0.2, 0) is 4.79 Å². The number of amides is 1. The number of aliphatic hydroxyl groups is 1. The minimum Gasteiger partial charge on any atom is -0.392 e. The number of carbonyl (C=O) groups excluding carboxylic acids is 1. The summed E-state index contributed by atoms with van der Waals surface area (Å²) in [6, 6.07) is 8.59. The Hall–Kier alpha value is -1.90. The maximum atomic E-state index is 12.2. The molecular weight excluding hydrogens is 254 g/mol. The summed E-state index contributed by atoms with van der Waals surface area (Å²) in [6.07, 6.45) is 1.36. The van der Waals surface area contributed by atoms with Crippen molar-refractivity contribution in [2.24, 2.45) is 0 Å². The number of piperidine rings is 1. The third-order valence-electron chi connectivity index (χ3n) is 3.61. The van der Waals surface area contributed by atoms with Gasteiger partial charge in [0, 0.05) is 12.2 Å². The van der Waals surface area contributed by atoms with Crippen LogP contribution in [-0.4, -0.2) is 41.1 Å². The highest BCUT2D eigenvalue weighted by Crippen LogP contribution is 2.15. The predicted octanol–water partition coefficient (Wildman–Crippen LogP) is 1.34. The monoisotopic (exact) mass is 273 g/mol. The highest BCUT2D eigenvalue weighted by atomic mass is 16.3. The van der Waals surface area contributed by atoms with Gasteiger partial charge in [-0.25, -0.2) is 0 Å². The van der Waals surface area contributed by atoms with Crippen LogP contribution < -0.4 is 5.32 Å². The number of hydrogen-bond acceptors (Lipinski definition) is 4. The fraction of sp³-hybridized carbons (Fsp3) is 0.467. The van der Waals surface area contributed by atoms with Crippen molar-refractivity contribution >= 4 is 11.6 Å². The maximum Gasteiger partial charge on any atom is 0.241 e. The molecule has 0 aliphatic carbocycles. The molecule has 1 aromatic carbocycles. The van der Waals surface area contributed by atoms with Crippen molar-refractivity contribution in [3.8, 4) is 6.07 Å². The number of anilines is 1. The number of carbonyl (C=O) groups is 1. The van der Waals surface area contributed by atoms with Gasteiger partial charge in [0.25, 0.3) is 0 Å². The number of hydrogen-bond donors (Lipinski definition) is 2. The smallest absolute Gasteiger partial charge is 0.241 e. The van der Waals surface area contributed by atoms with E-state index in [0.717, 1.165) is 19.4 Å². The van der Waals surface area contributed by atoms with E-state index in [9.17, 15) is 9.90 Å². The first-order valence-electron chi connectivity index (χ1n) is 6.83. The number of nitriles is 1. The Bertz CT molecular complexity index is 524. The molecule has 0 saturated carbocycles. The Balaban J connectivity index is 1.98. The molecule has 1 amide bonds. The zero-order valence-electron chi connectivity index (χ0n) is 11.5. The second kappa shape index (κ2) is 6.51. The summed E-state index contributed by atoms with van der Waals surface area (Å²) in [6.45, 7) is 3.19. The average molecular weight is 273 g/mol. The van der Waals surface area contributed by atoms with Gasteiger partial charge in [0.15, 0.2) is 0 Å². The van der Waals surface area contributed by atoms with E-state index in [4.69, 9.17) is 5.26 Å². The normalized spacial score (nSPS) is 20.9. The third kappa shape index (κ3) is 3.56. The van der Waals surface area contributed by atoms with Gasteiger partial charge < -0.3 is 10.4 Å². The van der Waals surface area contributed by atoms with E-state index >= 15 is 0 Å². The summed E-state index contributed by atoms with van der Waals surface area (Å²) in [7, 11) is 0.